The molecule has 0 saturated heterocycles. The van der Waals surface area contributed by atoms with Crippen LogP contribution in [-0.4, -0.2) is 52.1 Å². The molecule has 1 amide bonds. The Labute approximate surface area is 265 Å². The highest BCUT2D eigenvalue weighted by Crippen LogP contribution is 2.34. The number of benzene rings is 1. The van der Waals surface area contributed by atoms with Gasteiger partial charge in [0, 0.05) is 30.6 Å². The lowest BCUT2D eigenvalue weighted by Crippen LogP contribution is -2.40. The predicted molar refractivity (Wildman–Crippen MR) is 167 cm³/mol. The van der Waals surface area contributed by atoms with Crippen molar-refractivity contribution in [3.05, 3.63) is 86.3 Å². The van der Waals surface area contributed by atoms with E-state index in [0.29, 0.717) is 28.3 Å². The molecule has 2 N–H and O–H groups in total. The highest BCUT2D eigenvalue weighted by molar-refractivity contribution is 5.82. The first-order valence-electron chi connectivity index (χ1n) is 14.7. The monoisotopic (exact) mass is 642 g/mol. The summed E-state index contributed by atoms with van der Waals surface area (Å²) in [5, 5.41) is 12.4. The first-order chi connectivity index (χ1) is 21.4. The highest BCUT2D eigenvalue weighted by atomic mass is 19.4. The van der Waals surface area contributed by atoms with E-state index in [9.17, 15) is 37.1 Å². The fraction of sp³-hybridized carbons (Fsp3) is 0.412. The average Bonchev–Trinajstić information content (AvgIpc) is 2.93. The van der Waals surface area contributed by atoms with Crippen LogP contribution >= 0.6 is 0 Å². The lowest BCUT2D eigenvalue weighted by Gasteiger charge is -2.26. The van der Waals surface area contributed by atoms with Gasteiger partial charge in [0.2, 0.25) is 5.91 Å². The van der Waals surface area contributed by atoms with Crippen LogP contribution in [0.1, 0.15) is 72.3 Å². The zero-order valence-corrected chi connectivity index (χ0v) is 26.6. The van der Waals surface area contributed by atoms with Crippen molar-refractivity contribution >= 4 is 11.9 Å². The van der Waals surface area contributed by atoms with E-state index in [0.717, 1.165) is 10.8 Å². The molecule has 2 atom stereocenters. The molecule has 0 aliphatic carbocycles. The predicted octanol–water partition coefficient (Wildman–Crippen LogP) is 5.69. The van der Waals surface area contributed by atoms with Crippen LogP contribution in [0.3, 0.4) is 0 Å². The fourth-order valence-electron chi connectivity index (χ4n) is 5.44. The summed E-state index contributed by atoms with van der Waals surface area (Å²) in [6.45, 7) is 7.23. The smallest absolute Gasteiger partial charge is 0.416 e. The van der Waals surface area contributed by atoms with E-state index in [1.165, 1.54) is 18.3 Å². The molecular weight excluding hydrogens is 604 g/mol. The molecule has 0 spiro atoms. The van der Waals surface area contributed by atoms with Crippen LogP contribution in [0.2, 0.25) is 0 Å². The van der Waals surface area contributed by atoms with Gasteiger partial charge in [0.05, 0.1) is 18.0 Å². The minimum absolute atomic E-state index is 0.0298. The number of hydrogen-bond donors (Lipinski definition) is 2. The van der Waals surface area contributed by atoms with Crippen molar-refractivity contribution in [2.24, 2.45) is 5.92 Å². The zero-order valence-electron chi connectivity index (χ0n) is 26.6. The van der Waals surface area contributed by atoms with Crippen molar-refractivity contribution in [1.29, 1.82) is 0 Å². The molecule has 0 bridgehead atoms. The second-order valence-electron chi connectivity index (χ2n) is 12.0. The Morgan fingerprint density at radius 2 is 1.76 bits per heavy atom. The van der Waals surface area contributed by atoms with Gasteiger partial charge in [-0.1, -0.05) is 13.8 Å². The Morgan fingerprint density at radius 1 is 1.13 bits per heavy atom. The second-order valence-corrected chi connectivity index (χ2v) is 12.0. The van der Waals surface area contributed by atoms with E-state index in [-0.39, 0.29) is 42.1 Å². The lowest BCUT2D eigenvalue weighted by molar-refractivity contribution is -0.139. The molecule has 12 heteroatoms. The number of nitrogens with one attached hydrogen (secondary N) is 1. The molecule has 0 aliphatic rings. The molecule has 8 nitrogen and oxygen atoms in total. The summed E-state index contributed by atoms with van der Waals surface area (Å²) in [5.41, 5.74) is 0.442. The molecule has 46 heavy (non-hydrogen) atoms. The molecule has 3 rings (SSSR count). The van der Waals surface area contributed by atoms with E-state index in [2.05, 4.69) is 16.2 Å². The first kappa shape index (κ1) is 36.0. The Balaban J connectivity index is 2.13. The minimum atomic E-state index is -4.78. The number of pyridine rings is 2. The summed E-state index contributed by atoms with van der Waals surface area (Å²) in [6, 6.07) is 2.35. The maximum Gasteiger partial charge on any atom is 0.416 e. The Hall–Kier alpha value is -4.50. The number of alkyl halides is 3. The average molecular weight is 643 g/mol. The number of hydrogen-bond acceptors (Lipinski definition) is 5. The summed E-state index contributed by atoms with van der Waals surface area (Å²) in [4.78, 5) is 45.0. The van der Waals surface area contributed by atoms with Crippen LogP contribution < -0.4 is 10.9 Å². The molecule has 0 radical (unpaired) electrons. The fourth-order valence-corrected chi connectivity index (χ4v) is 5.44. The number of aliphatic carboxylic acids is 1. The van der Waals surface area contributed by atoms with Crippen LogP contribution in [0.25, 0.3) is 11.1 Å². The van der Waals surface area contributed by atoms with Crippen LogP contribution in [0, 0.1) is 37.9 Å². The van der Waals surface area contributed by atoms with Gasteiger partial charge < -0.3 is 19.9 Å². The summed E-state index contributed by atoms with van der Waals surface area (Å²) >= 11 is 0. The first-order valence-corrected chi connectivity index (χ1v) is 14.7. The molecule has 0 aliphatic heterocycles. The summed E-state index contributed by atoms with van der Waals surface area (Å²) in [6.07, 6.45) is 2.81. The summed E-state index contributed by atoms with van der Waals surface area (Å²) < 4.78 is 56.7. The molecule has 0 saturated carbocycles. The number of nitrogens with zero attached hydrogens (tertiary/aromatic N) is 3. The Morgan fingerprint density at radius 3 is 2.28 bits per heavy atom. The van der Waals surface area contributed by atoms with E-state index in [4.69, 9.17) is 6.42 Å². The van der Waals surface area contributed by atoms with Crippen molar-refractivity contribution < 1.29 is 32.3 Å². The standard InChI is InChI=1S/C34H38F4N4O4/c1-8-27-25(32-20(4)12-24(35)13-21(32)5)14-23(17-39-27)28(16-31(44)45)40-33(46)29(11-19(2)3)42-18-22(9-10-41(6)7)26(15-30(42)43)34(36,37)38/h1,12-15,17-19,28-29H,9-11,16H2,2-7H3,(H,40,46)(H,44,45)/t28-,29-/m0/s1. The van der Waals surface area contributed by atoms with Gasteiger partial charge in [-0.3, -0.25) is 14.4 Å². The number of aryl methyl sites for hydroxylation is 2. The van der Waals surface area contributed by atoms with Crippen molar-refractivity contribution in [1.82, 2.24) is 19.8 Å². The topological polar surface area (TPSA) is 105 Å². The van der Waals surface area contributed by atoms with Gasteiger partial charge in [0.25, 0.3) is 5.56 Å². The van der Waals surface area contributed by atoms with Crippen molar-refractivity contribution in [2.75, 3.05) is 20.6 Å². The molecule has 1 aromatic carbocycles. The Kier molecular flexibility index (Phi) is 11.5. The van der Waals surface area contributed by atoms with E-state index in [1.54, 1.807) is 52.8 Å². The van der Waals surface area contributed by atoms with Gasteiger partial charge in [0.15, 0.2) is 0 Å². The molecule has 3 aromatic rings. The van der Waals surface area contributed by atoms with Gasteiger partial charge in [-0.15, -0.1) is 6.42 Å². The van der Waals surface area contributed by atoms with E-state index < -0.39 is 53.5 Å². The number of likely N-dealkylation sites (N-methyl/N-ethyl adjacent to an activating group) is 1. The SMILES string of the molecule is C#Cc1ncc([C@H](CC(=O)O)NC(=O)[C@H](CC(C)C)n2cc(CCN(C)C)c(C(F)(F)F)cc2=O)cc1-c1c(C)cc(F)cc1C. The number of carbonyl (C=O) groups excluding carboxylic acids is 1. The third kappa shape index (κ3) is 8.81. The highest BCUT2D eigenvalue weighted by Gasteiger charge is 2.36. The van der Waals surface area contributed by atoms with Crippen LogP contribution in [0.15, 0.2) is 41.5 Å². The van der Waals surface area contributed by atoms with Crippen LogP contribution in [-0.2, 0) is 22.2 Å². The molecule has 0 unspecified atom stereocenters. The van der Waals surface area contributed by atoms with E-state index >= 15 is 0 Å². The number of halogens is 4. The quantitative estimate of drug-likeness (QED) is 0.194. The third-order valence-corrected chi connectivity index (χ3v) is 7.54. The number of carbonyl (C=O) groups is 2. The maximum atomic E-state index is 14.1. The van der Waals surface area contributed by atoms with Crippen LogP contribution in [0.4, 0.5) is 17.6 Å². The van der Waals surface area contributed by atoms with Crippen molar-refractivity contribution in [3.63, 3.8) is 0 Å². The molecule has 2 aromatic heterocycles. The molecule has 0 fully saturated rings. The zero-order chi connectivity index (χ0) is 34.5. The van der Waals surface area contributed by atoms with Crippen LogP contribution in [0.5, 0.6) is 0 Å². The maximum absolute atomic E-state index is 14.1. The second kappa shape index (κ2) is 14.7. The molecular formula is C34H38F4N4O4. The minimum Gasteiger partial charge on any atom is -0.481 e. The summed E-state index contributed by atoms with van der Waals surface area (Å²) in [5.74, 6) is -0.126. The normalized spacial score (nSPS) is 13.0. The van der Waals surface area contributed by atoms with Gasteiger partial charge >= 0.3 is 12.1 Å². The van der Waals surface area contributed by atoms with Gasteiger partial charge in [-0.05, 0) is 98.6 Å². The Bertz CT molecular complexity index is 1680. The largest absolute Gasteiger partial charge is 0.481 e. The number of terminal acetylenes is 1. The lowest BCUT2D eigenvalue weighted by atomic mass is 9.92. The third-order valence-electron chi connectivity index (χ3n) is 7.54. The molecule has 246 valence electrons. The molecule has 2 heterocycles. The number of carboxylic acid groups (broad SMARTS) is 1. The number of amides is 1. The number of rotatable bonds is 12. The number of carboxylic acids is 1. The van der Waals surface area contributed by atoms with Gasteiger partial charge in [-0.2, -0.15) is 13.2 Å². The van der Waals surface area contributed by atoms with Gasteiger partial charge in [-0.25, -0.2) is 9.37 Å². The van der Waals surface area contributed by atoms with Gasteiger partial charge in [0.1, 0.15) is 17.6 Å². The van der Waals surface area contributed by atoms with E-state index in [1.807, 2.05) is 0 Å². The van der Waals surface area contributed by atoms with Crippen molar-refractivity contribution in [3.8, 4) is 23.5 Å². The van der Waals surface area contributed by atoms with Crippen molar-refractivity contribution in [2.45, 2.75) is 65.2 Å². The summed E-state index contributed by atoms with van der Waals surface area (Å²) in [7, 11) is 3.41. The number of aromatic nitrogens is 2.